The van der Waals surface area contributed by atoms with Gasteiger partial charge in [0.25, 0.3) is 0 Å². The van der Waals surface area contributed by atoms with E-state index in [1.165, 1.54) is 0 Å². The lowest BCUT2D eigenvalue weighted by atomic mass is 9.77. The third-order valence-electron chi connectivity index (χ3n) is 7.26. The quantitative estimate of drug-likeness (QED) is 0.373. The largest absolute Gasteiger partial charge is 0.481 e. The van der Waals surface area contributed by atoms with Gasteiger partial charge in [-0.15, -0.1) is 0 Å². The van der Waals surface area contributed by atoms with Gasteiger partial charge >= 0.3 is 23.9 Å². The Bertz CT molecular complexity index is 739. The monoisotopic (exact) mass is 514 g/mol. The third kappa shape index (κ3) is 6.56. The minimum atomic E-state index is -1.05. The number of ether oxygens (including phenoxy) is 4. The maximum atomic E-state index is 13.1. The molecule has 0 radical (unpaired) electrons. The Morgan fingerprint density at radius 3 is 1.08 bits per heavy atom. The van der Waals surface area contributed by atoms with Crippen LogP contribution in [0.1, 0.15) is 55.4 Å². The van der Waals surface area contributed by atoms with E-state index in [-0.39, 0.29) is 36.9 Å². The average Bonchev–Trinajstić information content (AvgIpc) is 3.31. The van der Waals surface area contributed by atoms with Crippen molar-refractivity contribution in [3.8, 4) is 0 Å². The number of carbonyl (C=O) groups is 4. The van der Waals surface area contributed by atoms with Gasteiger partial charge in [-0.3, -0.25) is 19.2 Å². The molecule has 0 aliphatic carbocycles. The summed E-state index contributed by atoms with van der Waals surface area (Å²) in [7, 11) is 0. The van der Waals surface area contributed by atoms with E-state index in [1.807, 2.05) is 0 Å². The SMILES string of the molecule is CC(C)C(C(=O)O)C(C(=O)O[C@H]1CO[C@H]2[C@@H]1OC[C@@H]2OC(=O)C(C(C)C)C(C(=O)O)C(C)C)C(C)C. The van der Waals surface area contributed by atoms with Crippen LogP contribution in [0.25, 0.3) is 0 Å². The molecule has 2 aliphatic rings. The molecule has 0 bridgehead atoms. The van der Waals surface area contributed by atoms with Gasteiger partial charge < -0.3 is 29.2 Å². The number of carboxylic acids is 2. The second-order valence-corrected chi connectivity index (χ2v) is 11.3. The van der Waals surface area contributed by atoms with Crippen LogP contribution in [0.2, 0.25) is 0 Å². The Balaban J connectivity index is 2.10. The Labute approximate surface area is 213 Å². The number of carboxylic acid groups (broad SMARTS) is 2. The first-order valence-corrected chi connectivity index (χ1v) is 12.8. The first-order chi connectivity index (χ1) is 16.7. The summed E-state index contributed by atoms with van der Waals surface area (Å²) in [5, 5.41) is 19.4. The van der Waals surface area contributed by atoms with Crippen molar-refractivity contribution < 1.29 is 48.3 Å². The van der Waals surface area contributed by atoms with E-state index >= 15 is 0 Å². The molecule has 2 heterocycles. The summed E-state index contributed by atoms with van der Waals surface area (Å²) in [6, 6.07) is 0. The molecule has 36 heavy (non-hydrogen) atoms. The zero-order chi connectivity index (χ0) is 27.5. The Morgan fingerprint density at radius 2 is 0.861 bits per heavy atom. The van der Waals surface area contributed by atoms with Crippen LogP contribution in [0.3, 0.4) is 0 Å². The van der Waals surface area contributed by atoms with Crippen LogP contribution < -0.4 is 0 Å². The molecule has 2 fully saturated rings. The number of hydrogen-bond acceptors (Lipinski definition) is 8. The van der Waals surface area contributed by atoms with Crippen molar-refractivity contribution in [2.24, 2.45) is 47.3 Å². The molecule has 8 atom stereocenters. The van der Waals surface area contributed by atoms with E-state index in [0.29, 0.717) is 0 Å². The van der Waals surface area contributed by atoms with E-state index in [2.05, 4.69) is 0 Å². The highest BCUT2D eigenvalue weighted by molar-refractivity contribution is 5.82. The van der Waals surface area contributed by atoms with Gasteiger partial charge in [-0.25, -0.2) is 0 Å². The lowest BCUT2D eigenvalue weighted by Crippen LogP contribution is -2.43. The summed E-state index contributed by atoms with van der Waals surface area (Å²) < 4.78 is 23.0. The smallest absolute Gasteiger partial charge is 0.310 e. The van der Waals surface area contributed by atoms with Crippen LogP contribution in [-0.4, -0.2) is 71.7 Å². The lowest BCUT2D eigenvalue weighted by molar-refractivity contribution is -0.170. The number of carbonyl (C=O) groups excluding carboxylic acids is 2. The summed E-state index contributed by atoms with van der Waals surface area (Å²) >= 11 is 0. The Morgan fingerprint density at radius 1 is 0.583 bits per heavy atom. The zero-order valence-electron chi connectivity index (χ0n) is 22.5. The molecule has 2 N–H and O–H groups in total. The van der Waals surface area contributed by atoms with Gasteiger partial charge in [0.1, 0.15) is 12.2 Å². The van der Waals surface area contributed by atoms with Gasteiger partial charge in [-0.2, -0.15) is 0 Å². The fourth-order valence-corrected chi connectivity index (χ4v) is 5.46. The second kappa shape index (κ2) is 12.4. The number of hydrogen-bond donors (Lipinski definition) is 2. The molecule has 0 aromatic rings. The number of rotatable bonds is 12. The molecule has 2 aliphatic heterocycles. The van der Waals surface area contributed by atoms with Crippen LogP contribution in [0.5, 0.6) is 0 Å². The van der Waals surface area contributed by atoms with Gasteiger partial charge in [0, 0.05) is 0 Å². The molecule has 0 saturated carbocycles. The molecule has 2 rings (SSSR count). The number of aliphatic carboxylic acids is 2. The summed E-state index contributed by atoms with van der Waals surface area (Å²) in [5.41, 5.74) is 0. The van der Waals surface area contributed by atoms with Gasteiger partial charge in [-0.1, -0.05) is 55.4 Å². The molecule has 10 nitrogen and oxygen atoms in total. The zero-order valence-corrected chi connectivity index (χ0v) is 22.5. The number of esters is 2. The average molecular weight is 515 g/mol. The van der Waals surface area contributed by atoms with Gasteiger partial charge in [-0.05, 0) is 23.7 Å². The molecule has 2 saturated heterocycles. The molecule has 0 aromatic heterocycles. The van der Waals surface area contributed by atoms with Gasteiger partial charge in [0.15, 0.2) is 12.2 Å². The lowest BCUT2D eigenvalue weighted by Gasteiger charge is -2.30. The van der Waals surface area contributed by atoms with Crippen molar-refractivity contribution in [2.45, 2.75) is 79.8 Å². The van der Waals surface area contributed by atoms with E-state index in [9.17, 15) is 29.4 Å². The van der Waals surface area contributed by atoms with Crippen molar-refractivity contribution >= 4 is 23.9 Å². The fraction of sp³-hybridized carbons (Fsp3) is 0.846. The van der Waals surface area contributed by atoms with E-state index < -0.39 is 72.0 Å². The van der Waals surface area contributed by atoms with Gasteiger partial charge in [0.05, 0.1) is 36.9 Å². The molecule has 0 aromatic carbocycles. The van der Waals surface area contributed by atoms with Crippen LogP contribution in [0.15, 0.2) is 0 Å². The normalized spacial score (nSPS) is 27.1. The van der Waals surface area contributed by atoms with Crippen molar-refractivity contribution in [3.05, 3.63) is 0 Å². The van der Waals surface area contributed by atoms with Crippen LogP contribution in [-0.2, 0) is 38.1 Å². The van der Waals surface area contributed by atoms with Crippen LogP contribution in [0.4, 0.5) is 0 Å². The molecule has 206 valence electrons. The maximum Gasteiger partial charge on any atom is 0.310 e. The van der Waals surface area contributed by atoms with Crippen LogP contribution >= 0.6 is 0 Å². The maximum absolute atomic E-state index is 13.1. The number of fused-ring (bicyclic) bond motifs is 1. The first kappa shape index (κ1) is 30.0. The highest BCUT2D eigenvalue weighted by atomic mass is 16.7. The predicted octanol–water partition coefficient (Wildman–Crippen LogP) is 2.87. The summed E-state index contributed by atoms with van der Waals surface area (Å²) in [4.78, 5) is 49.8. The standard InChI is InChI=1S/C26H42O10/c1-11(2)17(23(27)28)19(13(5)6)25(31)35-15-9-33-22-16(10-34-21(15)22)36-26(32)20(14(7)8)18(12(3)4)24(29)30/h11-22H,9-10H2,1-8H3,(H,27,28)(H,29,30)/t15-,16-,17?,18?,19?,20?,21+,22+/m0/s1. The van der Waals surface area contributed by atoms with Gasteiger partial charge in [0.2, 0.25) is 0 Å². The molecule has 0 spiro atoms. The summed E-state index contributed by atoms with van der Waals surface area (Å²) in [6.07, 6.45) is -2.87. The first-order valence-electron chi connectivity index (χ1n) is 12.8. The minimum Gasteiger partial charge on any atom is -0.481 e. The highest BCUT2D eigenvalue weighted by Crippen LogP contribution is 2.36. The minimum absolute atomic E-state index is 0.0245. The summed E-state index contributed by atoms with van der Waals surface area (Å²) in [5.74, 6) is -7.86. The van der Waals surface area contributed by atoms with Crippen molar-refractivity contribution in [1.82, 2.24) is 0 Å². The molecule has 4 unspecified atom stereocenters. The molecular formula is C26H42O10. The predicted molar refractivity (Wildman–Crippen MR) is 128 cm³/mol. The second-order valence-electron chi connectivity index (χ2n) is 11.3. The topological polar surface area (TPSA) is 146 Å². The molecular weight excluding hydrogens is 472 g/mol. The van der Waals surface area contributed by atoms with Crippen LogP contribution in [0, 0.1) is 47.3 Å². The fourth-order valence-electron chi connectivity index (χ4n) is 5.46. The Kier molecular flexibility index (Phi) is 10.3. The van der Waals surface area contributed by atoms with Crippen molar-refractivity contribution in [2.75, 3.05) is 13.2 Å². The van der Waals surface area contributed by atoms with E-state index in [0.717, 1.165) is 0 Å². The molecule has 10 heteroatoms. The van der Waals surface area contributed by atoms with Crippen molar-refractivity contribution in [1.29, 1.82) is 0 Å². The van der Waals surface area contributed by atoms with E-state index in [1.54, 1.807) is 55.4 Å². The van der Waals surface area contributed by atoms with E-state index in [4.69, 9.17) is 18.9 Å². The molecule has 0 amide bonds. The third-order valence-corrected chi connectivity index (χ3v) is 7.26. The summed E-state index contributed by atoms with van der Waals surface area (Å²) in [6.45, 7) is 14.2. The van der Waals surface area contributed by atoms with Crippen molar-refractivity contribution in [3.63, 3.8) is 0 Å². The highest BCUT2D eigenvalue weighted by Gasteiger charge is 2.53. The Hall–Kier alpha value is -2.20.